The van der Waals surface area contributed by atoms with Crippen LogP contribution in [0.15, 0.2) is 36.4 Å². The van der Waals surface area contributed by atoms with E-state index in [1.807, 2.05) is 22.6 Å². The number of aryl methyl sites for hydroxylation is 1. The third kappa shape index (κ3) is 3.39. The molecule has 0 saturated heterocycles. The molecule has 3 rings (SSSR count). The highest BCUT2D eigenvalue weighted by Crippen LogP contribution is 2.22. The number of rotatable bonds is 3. The fourth-order valence-electron chi connectivity index (χ4n) is 2.08. The third-order valence-corrected chi connectivity index (χ3v) is 4.36. The summed E-state index contributed by atoms with van der Waals surface area (Å²) >= 11 is 7.93. The van der Waals surface area contributed by atoms with Gasteiger partial charge in [0, 0.05) is 14.3 Å². The third-order valence-electron chi connectivity index (χ3n) is 3.23. The Kier molecular flexibility index (Phi) is 4.76. The number of benzene rings is 2. The largest absolute Gasteiger partial charge is 0.322 e. The molecule has 0 fully saturated rings. The second-order valence-electron chi connectivity index (χ2n) is 4.88. The van der Waals surface area contributed by atoms with E-state index in [0.29, 0.717) is 22.1 Å². The molecule has 1 amide bonds. The zero-order valence-corrected chi connectivity index (χ0v) is 15.2. The summed E-state index contributed by atoms with van der Waals surface area (Å²) in [5.41, 5.74) is 1.06. The number of hydrogen-bond donors (Lipinski definition) is 1. The molecule has 2 aromatic carbocycles. The van der Waals surface area contributed by atoms with E-state index in [0.717, 1.165) is 3.57 Å². The fraction of sp³-hybridized carbons (Fsp3) is 0.0667. The zero-order chi connectivity index (χ0) is 17.3. The SMILES string of the molecule is Cc1nnnn1-c1cc(NC(=O)c2ccc(Cl)cc2I)ccc1F. The van der Waals surface area contributed by atoms with Gasteiger partial charge in [0.1, 0.15) is 11.5 Å². The molecule has 1 aromatic heterocycles. The number of hydrogen-bond acceptors (Lipinski definition) is 4. The van der Waals surface area contributed by atoms with Gasteiger partial charge >= 0.3 is 0 Å². The molecule has 0 spiro atoms. The lowest BCUT2D eigenvalue weighted by atomic mass is 10.2. The summed E-state index contributed by atoms with van der Waals surface area (Å²) in [6.45, 7) is 1.65. The lowest BCUT2D eigenvalue weighted by molar-refractivity contribution is 0.102. The predicted octanol–water partition coefficient (Wildman–Crippen LogP) is 3.62. The van der Waals surface area contributed by atoms with Crippen LogP contribution >= 0.6 is 34.2 Å². The van der Waals surface area contributed by atoms with Crippen LogP contribution in [-0.2, 0) is 0 Å². The fourth-order valence-corrected chi connectivity index (χ4v) is 3.20. The molecular weight excluding hydrogens is 448 g/mol. The number of aromatic nitrogens is 4. The molecule has 1 N–H and O–H groups in total. The van der Waals surface area contributed by atoms with Crippen molar-refractivity contribution in [2.45, 2.75) is 6.92 Å². The van der Waals surface area contributed by atoms with E-state index in [4.69, 9.17) is 11.6 Å². The summed E-state index contributed by atoms with van der Waals surface area (Å²) in [5.74, 6) is -0.379. The molecule has 9 heteroatoms. The highest BCUT2D eigenvalue weighted by molar-refractivity contribution is 14.1. The molecule has 0 aliphatic rings. The molecule has 122 valence electrons. The Morgan fingerprint density at radius 1 is 1.29 bits per heavy atom. The first-order valence-corrected chi connectivity index (χ1v) is 8.22. The summed E-state index contributed by atoms with van der Waals surface area (Å²) in [6, 6.07) is 9.16. The number of nitrogens with zero attached hydrogens (tertiary/aromatic N) is 4. The van der Waals surface area contributed by atoms with Crippen LogP contribution in [0.2, 0.25) is 5.02 Å². The van der Waals surface area contributed by atoms with Crippen molar-refractivity contribution in [2.24, 2.45) is 0 Å². The lowest BCUT2D eigenvalue weighted by Crippen LogP contribution is -2.14. The van der Waals surface area contributed by atoms with Crippen molar-refractivity contribution in [3.8, 4) is 5.69 Å². The monoisotopic (exact) mass is 457 g/mol. The van der Waals surface area contributed by atoms with Crippen LogP contribution in [0.4, 0.5) is 10.1 Å². The molecule has 0 aliphatic carbocycles. The second-order valence-corrected chi connectivity index (χ2v) is 6.48. The molecule has 0 atom stereocenters. The lowest BCUT2D eigenvalue weighted by Gasteiger charge is -2.10. The number of nitrogens with one attached hydrogen (secondary N) is 1. The van der Waals surface area contributed by atoms with Crippen LogP contribution in [0.25, 0.3) is 5.69 Å². The number of halogens is 3. The second kappa shape index (κ2) is 6.81. The molecule has 0 bridgehead atoms. The molecule has 24 heavy (non-hydrogen) atoms. The van der Waals surface area contributed by atoms with E-state index in [9.17, 15) is 9.18 Å². The van der Waals surface area contributed by atoms with Gasteiger partial charge in [0.15, 0.2) is 5.82 Å². The van der Waals surface area contributed by atoms with Gasteiger partial charge in [0.25, 0.3) is 5.91 Å². The first-order chi connectivity index (χ1) is 11.5. The quantitative estimate of drug-likeness (QED) is 0.610. The van der Waals surface area contributed by atoms with Crippen molar-refractivity contribution >= 4 is 45.8 Å². The molecule has 0 saturated carbocycles. The Morgan fingerprint density at radius 3 is 2.75 bits per heavy atom. The van der Waals surface area contributed by atoms with Crippen LogP contribution in [0.3, 0.4) is 0 Å². The van der Waals surface area contributed by atoms with Gasteiger partial charge < -0.3 is 5.32 Å². The van der Waals surface area contributed by atoms with Crippen LogP contribution in [0, 0.1) is 16.3 Å². The Balaban J connectivity index is 1.91. The summed E-state index contributed by atoms with van der Waals surface area (Å²) in [6.07, 6.45) is 0. The van der Waals surface area contributed by atoms with Crippen molar-refractivity contribution in [3.05, 3.63) is 62.2 Å². The Morgan fingerprint density at radius 2 is 2.08 bits per heavy atom. The molecule has 0 aliphatic heterocycles. The average molecular weight is 458 g/mol. The Hall–Kier alpha value is -2.07. The topological polar surface area (TPSA) is 72.7 Å². The van der Waals surface area contributed by atoms with E-state index in [1.54, 1.807) is 25.1 Å². The van der Waals surface area contributed by atoms with Crippen molar-refractivity contribution in [1.29, 1.82) is 0 Å². The predicted molar refractivity (Wildman–Crippen MR) is 96.0 cm³/mol. The standard InChI is InChI=1S/C15H10ClFIN5O/c1-8-20-21-22-23(8)14-7-10(3-5-12(14)17)19-15(24)11-4-2-9(16)6-13(11)18/h2-7H,1H3,(H,19,24). The summed E-state index contributed by atoms with van der Waals surface area (Å²) < 4.78 is 16.0. The normalized spacial score (nSPS) is 10.7. The molecule has 0 radical (unpaired) electrons. The van der Waals surface area contributed by atoms with Gasteiger partial charge in [-0.3, -0.25) is 4.79 Å². The van der Waals surface area contributed by atoms with E-state index in [1.165, 1.54) is 22.9 Å². The summed E-state index contributed by atoms with van der Waals surface area (Å²) in [4.78, 5) is 12.4. The zero-order valence-electron chi connectivity index (χ0n) is 12.3. The molecule has 1 heterocycles. The number of carbonyl (C=O) groups is 1. The maximum absolute atomic E-state index is 14.0. The van der Waals surface area contributed by atoms with Crippen LogP contribution in [-0.4, -0.2) is 26.1 Å². The first kappa shape index (κ1) is 16.8. The maximum atomic E-state index is 14.0. The first-order valence-electron chi connectivity index (χ1n) is 6.77. The number of anilines is 1. The van der Waals surface area contributed by atoms with E-state index in [2.05, 4.69) is 20.8 Å². The maximum Gasteiger partial charge on any atom is 0.256 e. The van der Waals surface area contributed by atoms with E-state index in [-0.39, 0.29) is 11.6 Å². The highest BCUT2D eigenvalue weighted by Gasteiger charge is 2.14. The van der Waals surface area contributed by atoms with Crippen molar-refractivity contribution in [1.82, 2.24) is 20.2 Å². The smallest absolute Gasteiger partial charge is 0.256 e. The van der Waals surface area contributed by atoms with Crippen molar-refractivity contribution in [2.75, 3.05) is 5.32 Å². The molecule has 6 nitrogen and oxygen atoms in total. The van der Waals surface area contributed by atoms with Gasteiger partial charge in [-0.2, -0.15) is 4.68 Å². The minimum atomic E-state index is -0.496. The van der Waals surface area contributed by atoms with Gasteiger partial charge in [-0.05, 0) is 76.3 Å². The van der Waals surface area contributed by atoms with Gasteiger partial charge in [0.2, 0.25) is 0 Å². The van der Waals surface area contributed by atoms with Crippen LogP contribution in [0.5, 0.6) is 0 Å². The highest BCUT2D eigenvalue weighted by atomic mass is 127. The Labute approximate surface area is 155 Å². The minimum Gasteiger partial charge on any atom is -0.322 e. The van der Waals surface area contributed by atoms with Gasteiger partial charge in [-0.25, -0.2) is 4.39 Å². The number of carbonyl (C=O) groups excluding carboxylic acids is 1. The molecular formula is C15H10ClFIN5O. The minimum absolute atomic E-state index is 0.154. The van der Waals surface area contributed by atoms with Crippen LogP contribution < -0.4 is 5.32 Å². The summed E-state index contributed by atoms with van der Waals surface area (Å²) in [7, 11) is 0. The van der Waals surface area contributed by atoms with Crippen molar-refractivity contribution in [3.63, 3.8) is 0 Å². The van der Waals surface area contributed by atoms with Crippen LogP contribution in [0.1, 0.15) is 16.2 Å². The summed E-state index contributed by atoms with van der Waals surface area (Å²) in [5, 5.41) is 14.2. The van der Waals surface area contributed by atoms with E-state index < -0.39 is 5.82 Å². The number of amides is 1. The molecule has 3 aromatic rings. The number of tetrazole rings is 1. The molecule has 0 unspecified atom stereocenters. The Bertz CT molecular complexity index is 930. The van der Waals surface area contributed by atoms with Gasteiger partial charge in [-0.1, -0.05) is 11.6 Å². The van der Waals surface area contributed by atoms with Gasteiger partial charge in [0.05, 0.1) is 5.56 Å². The average Bonchev–Trinajstić information content (AvgIpc) is 2.95. The van der Waals surface area contributed by atoms with E-state index >= 15 is 0 Å². The van der Waals surface area contributed by atoms with Crippen molar-refractivity contribution < 1.29 is 9.18 Å². The van der Waals surface area contributed by atoms with Gasteiger partial charge in [-0.15, -0.1) is 5.10 Å².